The molecule has 30 heavy (non-hydrogen) atoms. The molecule has 0 N–H and O–H groups in total. The molecule has 0 saturated carbocycles. The van der Waals surface area contributed by atoms with Gasteiger partial charge in [-0.05, 0) is 64.4 Å². The number of carbonyl (C=O) groups is 1. The molecule has 0 heterocycles. The second-order valence-electron chi connectivity index (χ2n) is 6.95. The average Bonchev–Trinajstić information content (AvgIpc) is 2.81. The Balaban J connectivity index is 1.76. The third-order valence-corrected chi connectivity index (χ3v) is 4.93. The Kier molecular flexibility index (Phi) is 7.23. The van der Waals surface area contributed by atoms with E-state index in [9.17, 15) is 4.79 Å². The summed E-state index contributed by atoms with van der Waals surface area (Å²) in [7, 11) is 1.69. The van der Waals surface area contributed by atoms with Gasteiger partial charge in [0.25, 0.3) is 0 Å². The van der Waals surface area contributed by atoms with Crippen molar-refractivity contribution in [3.05, 3.63) is 97.1 Å². The molecule has 0 unspecified atom stereocenters. The Bertz CT molecular complexity index is 1010. The predicted octanol–water partition coefficient (Wildman–Crippen LogP) is 6.33. The van der Waals surface area contributed by atoms with Crippen molar-refractivity contribution < 1.29 is 14.3 Å². The maximum absolute atomic E-state index is 11.1. The van der Waals surface area contributed by atoms with Crippen LogP contribution in [0.2, 0.25) is 0 Å². The highest BCUT2D eigenvalue weighted by molar-refractivity contribution is 5.81. The Morgan fingerprint density at radius 2 is 1.47 bits per heavy atom. The number of rotatable bonds is 9. The predicted molar refractivity (Wildman–Crippen MR) is 123 cm³/mol. The van der Waals surface area contributed by atoms with Gasteiger partial charge in [-0.15, -0.1) is 0 Å². The molecule has 0 atom stereocenters. The van der Waals surface area contributed by atoms with Crippen LogP contribution in [0.1, 0.15) is 17.5 Å². The molecule has 0 fully saturated rings. The van der Waals surface area contributed by atoms with Gasteiger partial charge in [-0.2, -0.15) is 0 Å². The van der Waals surface area contributed by atoms with Crippen molar-refractivity contribution in [1.29, 1.82) is 0 Å². The SMILES string of the molecule is C=CC(=O)OCCCc1ccc(-c2cc(OC)cc(-c3ccc(C=C)cc3)c2)cc1. The minimum Gasteiger partial charge on any atom is -0.497 e. The number of methoxy groups -OCH3 is 1. The maximum Gasteiger partial charge on any atom is 0.330 e. The van der Waals surface area contributed by atoms with E-state index in [1.54, 1.807) is 7.11 Å². The normalized spacial score (nSPS) is 10.3. The highest BCUT2D eigenvalue weighted by atomic mass is 16.5. The molecule has 0 spiro atoms. The van der Waals surface area contributed by atoms with Crippen LogP contribution in [0.5, 0.6) is 5.75 Å². The molecule has 0 saturated heterocycles. The van der Waals surface area contributed by atoms with Gasteiger partial charge in [0.05, 0.1) is 13.7 Å². The van der Waals surface area contributed by atoms with E-state index in [4.69, 9.17) is 9.47 Å². The highest BCUT2D eigenvalue weighted by Gasteiger charge is 2.07. The van der Waals surface area contributed by atoms with Crippen LogP contribution in [0.4, 0.5) is 0 Å². The van der Waals surface area contributed by atoms with Gasteiger partial charge in [0, 0.05) is 6.08 Å². The molecule has 3 aromatic rings. The van der Waals surface area contributed by atoms with Gasteiger partial charge in [-0.1, -0.05) is 67.8 Å². The largest absolute Gasteiger partial charge is 0.497 e. The lowest BCUT2D eigenvalue weighted by atomic mass is 9.97. The second kappa shape index (κ2) is 10.3. The van der Waals surface area contributed by atoms with E-state index < -0.39 is 0 Å². The lowest BCUT2D eigenvalue weighted by molar-refractivity contribution is -0.137. The monoisotopic (exact) mass is 398 g/mol. The summed E-state index contributed by atoms with van der Waals surface area (Å²) in [6.07, 6.45) is 4.66. The number of esters is 1. The topological polar surface area (TPSA) is 35.5 Å². The first-order chi connectivity index (χ1) is 14.6. The fraction of sp³-hybridized carbons (Fsp3) is 0.148. The van der Waals surface area contributed by atoms with Crippen LogP contribution in [-0.2, 0) is 16.0 Å². The smallest absolute Gasteiger partial charge is 0.330 e. The van der Waals surface area contributed by atoms with Crippen LogP contribution in [0, 0.1) is 0 Å². The van der Waals surface area contributed by atoms with Gasteiger partial charge >= 0.3 is 5.97 Å². The quantitative estimate of drug-likeness (QED) is 0.240. The first-order valence-electron chi connectivity index (χ1n) is 9.93. The summed E-state index contributed by atoms with van der Waals surface area (Å²) in [5.41, 5.74) is 6.76. The van der Waals surface area contributed by atoms with Crippen molar-refractivity contribution in [1.82, 2.24) is 0 Å². The third kappa shape index (κ3) is 5.48. The lowest BCUT2D eigenvalue weighted by Crippen LogP contribution is -2.02. The first-order valence-corrected chi connectivity index (χ1v) is 9.93. The summed E-state index contributed by atoms with van der Waals surface area (Å²) >= 11 is 0. The molecule has 152 valence electrons. The van der Waals surface area contributed by atoms with Gasteiger partial charge in [0.2, 0.25) is 0 Å². The van der Waals surface area contributed by atoms with Gasteiger partial charge in [-0.3, -0.25) is 0 Å². The van der Waals surface area contributed by atoms with E-state index in [1.165, 1.54) is 11.6 Å². The van der Waals surface area contributed by atoms with Crippen LogP contribution in [0.15, 0.2) is 86.0 Å². The fourth-order valence-corrected chi connectivity index (χ4v) is 3.23. The molecular formula is C27H26O3. The van der Waals surface area contributed by atoms with E-state index in [-0.39, 0.29) is 5.97 Å². The number of hydrogen-bond acceptors (Lipinski definition) is 3. The number of ether oxygens (including phenoxy) is 2. The molecule has 3 heteroatoms. The molecule has 0 amide bonds. The van der Waals surface area contributed by atoms with Crippen molar-refractivity contribution in [2.24, 2.45) is 0 Å². The molecule has 0 aliphatic carbocycles. The van der Waals surface area contributed by atoms with E-state index in [0.717, 1.165) is 46.4 Å². The molecular weight excluding hydrogens is 372 g/mol. The standard InChI is InChI=1S/C27H26O3/c1-4-20-8-12-22(13-9-20)24-17-25(19-26(18-24)29-3)23-14-10-21(11-15-23)7-6-16-30-27(28)5-2/h4-5,8-15,17-19H,1-2,6-7,16H2,3H3. The van der Waals surface area contributed by atoms with Crippen LogP contribution in [0.25, 0.3) is 28.3 Å². The molecule has 0 bridgehead atoms. The zero-order chi connectivity index (χ0) is 21.3. The summed E-state index contributed by atoms with van der Waals surface area (Å²) in [6, 6.07) is 23.0. The highest BCUT2D eigenvalue weighted by Crippen LogP contribution is 2.32. The van der Waals surface area contributed by atoms with Gasteiger partial charge < -0.3 is 9.47 Å². The van der Waals surface area contributed by atoms with Gasteiger partial charge in [0.1, 0.15) is 5.75 Å². The minimum absolute atomic E-state index is 0.377. The summed E-state index contributed by atoms with van der Waals surface area (Å²) in [5, 5.41) is 0. The van der Waals surface area contributed by atoms with Crippen molar-refractivity contribution in [3.8, 4) is 28.0 Å². The van der Waals surface area contributed by atoms with Gasteiger partial charge in [0.15, 0.2) is 0 Å². The molecule has 3 aromatic carbocycles. The van der Waals surface area contributed by atoms with Gasteiger partial charge in [-0.25, -0.2) is 4.79 Å². The van der Waals surface area contributed by atoms with Crippen molar-refractivity contribution in [3.63, 3.8) is 0 Å². The zero-order valence-corrected chi connectivity index (χ0v) is 17.3. The van der Waals surface area contributed by atoms with E-state index >= 15 is 0 Å². The fourth-order valence-electron chi connectivity index (χ4n) is 3.23. The molecule has 0 aromatic heterocycles. The van der Waals surface area contributed by atoms with Crippen molar-refractivity contribution in [2.45, 2.75) is 12.8 Å². The zero-order valence-electron chi connectivity index (χ0n) is 17.3. The average molecular weight is 399 g/mol. The third-order valence-electron chi connectivity index (χ3n) is 4.93. The Morgan fingerprint density at radius 1 is 0.867 bits per heavy atom. The van der Waals surface area contributed by atoms with Crippen LogP contribution in [0.3, 0.4) is 0 Å². The number of aryl methyl sites for hydroxylation is 1. The van der Waals surface area contributed by atoms with Crippen molar-refractivity contribution >= 4 is 12.0 Å². The second-order valence-corrected chi connectivity index (χ2v) is 6.95. The Labute approximate surface area is 178 Å². The molecule has 0 radical (unpaired) electrons. The molecule has 0 aliphatic heterocycles. The minimum atomic E-state index is -0.377. The molecule has 3 nitrogen and oxygen atoms in total. The Morgan fingerprint density at radius 3 is 2.00 bits per heavy atom. The molecule has 0 aliphatic rings. The van der Waals surface area contributed by atoms with Crippen LogP contribution in [-0.4, -0.2) is 19.7 Å². The maximum atomic E-state index is 11.1. The van der Waals surface area contributed by atoms with Crippen LogP contribution >= 0.6 is 0 Å². The summed E-state index contributed by atoms with van der Waals surface area (Å²) in [5.74, 6) is 0.446. The van der Waals surface area contributed by atoms with E-state index in [0.29, 0.717) is 6.61 Å². The van der Waals surface area contributed by atoms with E-state index in [1.807, 2.05) is 18.2 Å². The van der Waals surface area contributed by atoms with Crippen molar-refractivity contribution in [2.75, 3.05) is 13.7 Å². The summed E-state index contributed by atoms with van der Waals surface area (Å²) in [6.45, 7) is 7.60. The van der Waals surface area contributed by atoms with Crippen LogP contribution < -0.4 is 4.74 Å². The number of hydrogen-bond donors (Lipinski definition) is 0. The summed E-state index contributed by atoms with van der Waals surface area (Å²) in [4.78, 5) is 11.1. The number of benzene rings is 3. The van der Waals surface area contributed by atoms with E-state index in [2.05, 4.69) is 67.8 Å². The first kappa shape index (κ1) is 21.1. The Hall–Kier alpha value is -3.59. The molecule has 3 rings (SSSR count). The lowest BCUT2D eigenvalue weighted by Gasteiger charge is -2.11. The summed E-state index contributed by atoms with van der Waals surface area (Å²) < 4.78 is 10.6. The number of carbonyl (C=O) groups excluding carboxylic acids is 1.